The van der Waals surface area contributed by atoms with Crippen LogP contribution in [0.15, 0.2) is 30.6 Å². The Hall–Kier alpha value is -2.31. The zero-order chi connectivity index (χ0) is 21.7. The van der Waals surface area contributed by atoms with E-state index in [4.69, 9.17) is 9.84 Å². The Morgan fingerprint density at radius 2 is 2.10 bits per heavy atom. The van der Waals surface area contributed by atoms with E-state index < -0.39 is 17.5 Å². The molecule has 2 aromatic carbocycles. The van der Waals surface area contributed by atoms with Gasteiger partial charge >= 0.3 is 0 Å². The minimum Gasteiger partial charge on any atom is -0.394 e. The summed E-state index contributed by atoms with van der Waals surface area (Å²) < 4.78 is 37.0. The Labute approximate surface area is 185 Å². The highest BCUT2D eigenvalue weighted by atomic mass is 127. The van der Waals surface area contributed by atoms with Gasteiger partial charge < -0.3 is 25.0 Å². The maximum Gasteiger partial charge on any atom is 0.253 e. The summed E-state index contributed by atoms with van der Waals surface area (Å²) in [5, 5.41) is 14.1. The van der Waals surface area contributed by atoms with Gasteiger partial charge in [0.25, 0.3) is 5.91 Å². The number of carbonyl (C=O) groups is 1. The van der Waals surface area contributed by atoms with Crippen LogP contribution in [0.5, 0.6) is 0 Å². The van der Waals surface area contributed by atoms with Gasteiger partial charge in [-0.15, -0.1) is 0 Å². The Bertz CT molecular complexity index is 1060. The van der Waals surface area contributed by atoms with Crippen LogP contribution >= 0.6 is 22.6 Å². The summed E-state index contributed by atoms with van der Waals surface area (Å²) >= 11 is 1.98. The van der Waals surface area contributed by atoms with Crippen molar-refractivity contribution in [3.8, 4) is 0 Å². The first-order valence-corrected chi connectivity index (χ1v) is 10.3. The molecule has 0 aliphatic rings. The van der Waals surface area contributed by atoms with Gasteiger partial charge in [-0.1, -0.05) is 0 Å². The van der Waals surface area contributed by atoms with E-state index in [0.717, 1.165) is 0 Å². The Kier molecular flexibility index (Phi) is 7.56. The zero-order valence-electron chi connectivity index (χ0n) is 16.2. The van der Waals surface area contributed by atoms with Crippen LogP contribution in [0.2, 0.25) is 0 Å². The van der Waals surface area contributed by atoms with Crippen molar-refractivity contribution in [1.29, 1.82) is 0 Å². The molecular formula is C20H21F2IN4O3. The van der Waals surface area contributed by atoms with E-state index in [1.807, 2.05) is 22.6 Å². The third-order valence-corrected chi connectivity index (χ3v) is 5.05. The number of imidazole rings is 1. The standard InChI is InChI=1S/C20H21F2IN4O3/c1-27-11-25-19-16(27)10-13(20(29)24-5-2-7-30-8-6-28)18(17(19)22)26-15-4-3-12(23)9-14(15)21/h3-4,9-11,26,28H,2,5-8H2,1H3,(H,24,29). The average Bonchev–Trinajstić information content (AvgIpc) is 3.09. The quantitative estimate of drug-likeness (QED) is 0.292. The monoisotopic (exact) mass is 530 g/mol. The third-order valence-electron chi connectivity index (χ3n) is 4.38. The topological polar surface area (TPSA) is 88.4 Å². The van der Waals surface area contributed by atoms with Gasteiger partial charge in [-0.05, 0) is 53.3 Å². The molecule has 0 radical (unpaired) electrons. The molecule has 160 valence electrons. The fourth-order valence-corrected chi connectivity index (χ4v) is 3.34. The first-order valence-electron chi connectivity index (χ1n) is 9.24. The lowest BCUT2D eigenvalue weighted by Gasteiger charge is -2.15. The lowest BCUT2D eigenvalue weighted by molar-refractivity contribution is 0.0868. The van der Waals surface area contributed by atoms with Crippen LogP contribution in [-0.4, -0.2) is 46.9 Å². The number of amides is 1. The molecular weight excluding hydrogens is 509 g/mol. The summed E-state index contributed by atoms with van der Waals surface area (Å²) in [6, 6.07) is 6.00. The SMILES string of the molecule is Cn1cnc2c(F)c(Nc3ccc(I)cc3F)c(C(=O)NCCCOCCO)cc21. The number of anilines is 2. The molecule has 0 atom stereocenters. The van der Waals surface area contributed by atoms with Crippen LogP contribution in [-0.2, 0) is 11.8 Å². The van der Waals surface area contributed by atoms with Crippen molar-refractivity contribution in [1.82, 2.24) is 14.9 Å². The molecule has 30 heavy (non-hydrogen) atoms. The van der Waals surface area contributed by atoms with E-state index in [9.17, 15) is 9.18 Å². The molecule has 10 heteroatoms. The van der Waals surface area contributed by atoms with Crippen molar-refractivity contribution in [2.24, 2.45) is 7.05 Å². The van der Waals surface area contributed by atoms with E-state index in [2.05, 4.69) is 15.6 Å². The number of aryl methyl sites for hydroxylation is 1. The van der Waals surface area contributed by atoms with Gasteiger partial charge in [0, 0.05) is 23.8 Å². The number of aliphatic hydroxyl groups is 1. The molecule has 3 rings (SSSR count). The smallest absolute Gasteiger partial charge is 0.253 e. The first kappa shape index (κ1) is 22.4. The Morgan fingerprint density at radius 1 is 1.30 bits per heavy atom. The van der Waals surface area contributed by atoms with Crippen LogP contribution in [0.3, 0.4) is 0 Å². The Balaban J connectivity index is 1.90. The number of hydrogen-bond acceptors (Lipinski definition) is 5. The van der Waals surface area contributed by atoms with Crippen LogP contribution in [0.4, 0.5) is 20.2 Å². The van der Waals surface area contributed by atoms with E-state index >= 15 is 4.39 Å². The molecule has 0 bridgehead atoms. The van der Waals surface area contributed by atoms with Crippen molar-refractivity contribution >= 4 is 50.9 Å². The lowest BCUT2D eigenvalue weighted by Crippen LogP contribution is -2.26. The number of ether oxygens (including phenoxy) is 1. The van der Waals surface area contributed by atoms with Gasteiger partial charge in [0.05, 0.1) is 42.0 Å². The van der Waals surface area contributed by atoms with Crippen molar-refractivity contribution in [2.45, 2.75) is 6.42 Å². The summed E-state index contributed by atoms with van der Waals surface area (Å²) in [7, 11) is 1.70. The number of fused-ring (bicyclic) bond motifs is 1. The zero-order valence-corrected chi connectivity index (χ0v) is 18.4. The van der Waals surface area contributed by atoms with Gasteiger partial charge in [0.1, 0.15) is 11.3 Å². The van der Waals surface area contributed by atoms with Crippen molar-refractivity contribution in [3.63, 3.8) is 0 Å². The highest BCUT2D eigenvalue weighted by molar-refractivity contribution is 14.1. The van der Waals surface area contributed by atoms with Crippen molar-refractivity contribution in [2.75, 3.05) is 31.7 Å². The normalized spacial score (nSPS) is 11.1. The molecule has 1 aromatic heterocycles. The summed E-state index contributed by atoms with van der Waals surface area (Å²) in [6.45, 7) is 0.827. The number of nitrogens with zero attached hydrogens (tertiary/aromatic N) is 2. The van der Waals surface area contributed by atoms with Crippen LogP contribution < -0.4 is 10.6 Å². The maximum atomic E-state index is 15.2. The van der Waals surface area contributed by atoms with Crippen molar-refractivity contribution < 1.29 is 23.4 Å². The highest BCUT2D eigenvalue weighted by Crippen LogP contribution is 2.31. The molecule has 1 amide bonds. The largest absolute Gasteiger partial charge is 0.394 e. The van der Waals surface area contributed by atoms with Gasteiger partial charge in [0.15, 0.2) is 5.82 Å². The van der Waals surface area contributed by atoms with Gasteiger partial charge in [-0.2, -0.15) is 0 Å². The molecule has 0 saturated heterocycles. The molecule has 0 fully saturated rings. The summed E-state index contributed by atoms with van der Waals surface area (Å²) in [5.74, 6) is -1.80. The molecule has 7 nitrogen and oxygen atoms in total. The average molecular weight is 530 g/mol. The second-order valence-electron chi connectivity index (χ2n) is 6.53. The summed E-state index contributed by atoms with van der Waals surface area (Å²) in [4.78, 5) is 16.8. The fourth-order valence-electron chi connectivity index (χ4n) is 2.89. The predicted octanol–water partition coefficient (Wildman–Crippen LogP) is 3.33. The fraction of sp³-hybridized carbons (Fsp3) is 0.300. The van der Waals surface area contributed by atoms with E-state index in [1.165, 1.54) is 24.5 Å². The van der Waals surface area contributed by atoms with Crippen molar-refractivity contribution in [3.05, 3.63) is 51.4 Å². The molecule has 0 spiro atoms. The number of hydrogen-bond donors (Lipinski definition) is 3. The van der Waals surface area contributed by atoms with Crippen LogP contribution in [0, 0.1) is 15.2 Å². The van der Waals surface area contributed by atoms with E-state index in [1.54, 1.807) is 17.7 Å². The van der Waals surface area contributed by atoms with Gasteiger partial charge in [-0.25, -0.2) is 13.8 Å². The molecule has 0 saturated carbocycles. The molecule has 3 aromatic rings. The Morgan fingerprint density at radius 3 is 2.83 bits per heavy atom. The second kappa shape index (κ2) is 10.1. The predicted molar refractivity (Wildman–Crippen MR) is 118 cm³/mol. The number of carbonyl (C=O) groups excluding carboxylic acids is 1. The first-order chi connectivity index (χ1) is 14.4. The molecule has 1 heterocycles. The highest BCUT2D eigenvalue weighted by Gasteiger charge is 2.22. The molecule has 0 aliphatic carbocycles. The van der Waals surface area contributed by atoms with E-state index in [0.29, 0.717) is 28.7 Å². The van der Waals surface area contributed by atoms with Gasteiger partial charge in [-0.3, -0.25) is 4.79 Å². The molecule has 0 unspecified atom stereocenters. The summed E-state index contributed by atoms with van der Waals surface area (Å²) in [6.07, 6.45) is 1.97. The summed E-state index contributed by atoms with van der Waals surface area (Å²) in [5.41, 5.74) is 0.474. The van der Waals surface area contributed by atoms with Gasteiger partial charge in [0.2, 0.25) is 0 Å². The number of nitrogens with one attached hydrogen (secondary N) is 2. The number of benzene rings is 2. The number of aliphatic hydroxyl groups excluding tert-OH is 1. The maximum absolute atomic E-state index is 15.2. The van der Waals surface area contributed by atoms with Crippen LogP contribution in [0.1, 0.15) is 16.8 Å². The number of rotatable bonds is 9. The minimum atomic E-state index is -0.734. The molecule has 3 N–H and O–H groups in total. The molecule has 0 aliphatic heterocycles. The van der Waals surface area contributed by atoms with Crippen LogP contribution in [0.25, 0.3) is 11.0 Å². The third kappa shape index (κ3) is 5.05. The second-order valence-corrected chi connectivity index (χ2v) is 7.78. The lowest BCUT2D eigenvalue weighted by atomic mass is 10.1. The number of halogens is 3. The van der Waals surface area contributed by atoms with E-state index in [-0.39, 0.29) is 35.7 Å². The minimum absolute atomic E-state index is 0.0397. The number of aromatic nitrogens is 2.